The van der Waals surface area contributed by atoms with Gasteiger partial charge < -0.3 is 9.84 Å². The predicted molar refractivity (Wildman–Crippen MR) is 87.3 cm³/mol. The molecule has 9 heteroatoms. The first kappa shape index (κ1) is 15.5. The zero-order valence-corrected chi connectivity index (χ0v) is 14.3. The van der Waals surface area contributed by atoms with Crippen LogP contribution >= 0.6 is 15.9 Å². The molecule has 3 aromatic rings. The zero-order chi connectivity index (χ0) is 16.6. The van der Waals surface area contributed by atoms with Crippen LogP contribution in [-0.4, -0.2) is 21.5 Å². The standard InChI is InChI=1S/C14H14BrN5O3/c1-14(2,3)9-6-10(22-18-9)17-13(21)16-8-5-4-7(15)11-12(8)20-23-19-11/h4-6H,1-3H3,(H2,16,17,21). The Morgan fingerprint density at radius 3 is 2.57 bits per heavy atom. The number of hydrogen-bond donors (Lipinski definition) is 2. The van der Waals surface area contributed by atoms with Crippen LogP contribution < -0.4 is 10.6 Å². The minimum atomic E-state index is -0.478. The van der Waals surface area contributed by atoms with E-state index in [0.29, 0.717) is 16.7 Å². The summed E-state index contributed by atoms with van der Waals surface area (Å²) in [4.78, 5) is 12.1. The third-order valence-electron chi connectivity index (χ3n) is 3.13. The van der Waals surface area contributed by atoms with Gasteiger partial charge in [-0.05, 0) is 38.4 Å². The van der Waals surface area contributed by atoms with E-state index in [2.05, 4.69) is 42.0 Å². The summed E-state index contributed by atoms with van der Waals surface area (Å²) >= 11 is 3.34. The van der Waals surface area contributed by atoms with Crippen LogP contribution in [0.1, 0.15) is 26.5 Å². The summed E-state index contributed by atoms with van der Waals surface area (Å²) in [7, 11) is 0. The van der Waals surface area contributed by atoms with Gasteiger partial charge in [0, 0.05) is 16.0 Å². The van der Waals surface area contributed by atoms with E-state index < -0.39 is 6.03 Å². The fraction of sp³-hybridized carbons (Fsp3) is 0.286. The number of nitrogens with zero attached hydrogens (tertiary/aromatic N) is 3. The van der Waals surface area contributed by atoms with Gasteiger partial charge in [0.25, 0.3) is 0 Å². The molecule has 0 bridgehead atoms. The minimum absolute atomic E-state index is 0.163. The van der Waals surface area contributed by atoms with E-state index in [-0.39, 0.29) is 11.3 Å². The lowest BCUT2D eigenvalue weighted by atomic mass is 9.92. The Morgan fingerprint density at radius 2 is 1.87 bits per heavy atom. The molecule has 0 spiro atoms. The van der Waals surface area contributed by atoms with Crippen molar-refractivity contribution in [2.75, 3.05) is 10.6 Å². The first-order valence-electron chi connectivity index (χ1n) is 6.80. The summed E-state index contributed by atoms with van der Waals surface area (Å²) in [5.41, 5.74) is 2.03. The molecular formula is C14H14BrN5O3. The van der Waals surface area contributed by atoms with Crippen molar-refractivity contribution in [3.05, 3.63) is 28.4 Å². The average Bonchev–Trinajstić information content (AvgIpc) is 3.10. The maximum absolute atomic E-state index is 12.1. The number of carbonyl (C=O) groups is 1. The Balaban J connectivity index is 1.75. The summed E-state index contributed by atoms with van der Waals surface area (Å²) in [6, 6.07) is 4.65. The van der Waals surface area contributed by atoms with Gasteiger partial charge in [-0.15, -0.1) is 0 Å². The molecule has 2 N–H and O–H groups in total. The van der Waals surface area contributed by atoms with Crippen LogP contribution in [0.5, 0.6) is 0 Å². The third-order valence-corrected chi connectivity index (χ3v) is 3.77. The average molecular weight is 380 g/mol. The van der Waals surface area contributed by atoms with Crippen molar-refractivity contribution in [2.24, 2.45) is 0 Å². The van der Waals surface area contributed by atoms with Gasteiger partial charge in [-0.25, -0.2) is 9.42 Å². The number of hydrogen-bond acceptors (Lipinski definition) is 6. The van der Waals surface area contributed by atoms with E-state index in [0.717, 1.165) is 10.2 Å². The molecule has 120 valence electrons. The molecule has 3 rings (SSSR count). The van der Waals surface area contributed by atoms with Gasteiger partial charge in [0.15, 0.2) is 11.0 Å². The van der Waals surface area contributed by atoms with Crippen LogP contribution in [0.25, 0.3) is 11.0 Å². The Labute approximate surface area is 139 Å². The molecule has 0 aliphatic carbocycles. The molecule has 0 aliphatic heterocycles. The second-order valence-corrected chi connectivity index (χ2v) is 6.82. The van der Waals surface area contributed by atoms with E-state index in [1.54, 1.807) is 18.2 Å². The number of anilines is 2. The molecule has 1 aromatic carbocycles. The van der Waals surface area contributed by atoms with Crippen molar-refractivity contribution >= 4 is 44.6 Å². The number of rotatable bonds is 2. The molecule has 0 aliphatic rings. The lowest BCUT2D eigenvalue weighted by molar-refractivity contribution is 0.261. The van der Waals surface area contributed by atoms with E-state index >= 15 is 0 Å². The van der Waals surface area contributed by atoms with Crippen molar-refractivity contribution in [3.8, 4) is 0 Å². The summed E-state index contributed by atoms with van der Waals surface area (Å²) in [6.45, 7) is 6.01. The second kappa shape index (κ2) is 5.65. The Bertz CT molecular complexity index is 865. The fourth-order valence-corrected chi connectivity index (χ4v) is 2.28. The normalized spacial score (nSPS) is 11.7. The number of fused-ring (bicyclic) bond motifs is 1. The number of aromatic nitrogens is 3. The van der Waals surface area contributed by atoms with Crippen molar-refractivity contribution in [3.63, 3.8) is 0 Å². The molecule has 2 amide bonds. The summed E-state index contributed by atoms with van der Waals surface area (Å²) in [5.74, 6) is 0.263. The maximum atomic E-state index is 12.1. The maximum Gasteiger partial charge on any atom is 0.326 e. The summed E-state index contributed by atoms with van der Waals surface area (Å²) < 4.78 is 10.5. The Morgan fingerprint density at radius 1 is 1.13 bits per heavy atom. The molecule has 0 radical (unpaired) electrons. The highest BCUT2D eigenvalue weighted by atomic mass is 79.9. The van der Waals surface area contributed by atoms with Gasteiger partial charge >= 0.3 is 6.03 Å². The molecule has 0 atom stereocenters. The van der Waals surface area contributed by atoms with Crippen LogP contribution in [0.15, 0.2) is 31.8 Å². The number of benzene rings is 1. The van der Waals surface area contributed by atoms with Crippen LogP contribution in [-0.2, 0) is 5.41 Å². The highest BCUT2D eigenvalue weighted by Gasteiger charge is 2.20. The van der Waals surface area contributed by atoms with Crippen molar-refractivity contribution < 1.29 is 13.9 Å². The first-order valence-corrected chi connectivity index (χ1v) is 7.60. The Hall–Kier alpha value is -2.42. The largest absolute Gasteiger partial charge is 0.338 e. The minimum Gasteiger partial charge on any atom is -0.338 e. The number of urea groups is 1. The van der Waals surface area contributed by atoms with Gasteiger partial charge in [-0.3, -0.25) is 5.32 Å². The van der Waals surface area contributed by atoms with E-state index in [1.807, 2.05) is 20.8 Å². The van der Waals surface area contributed by atoms with Crippen LogP contribution in [0.4, 0.5) is 16.4 Å². The quantitative estimate of drug-likeness (QED) is 0.698. The summed E-state index contributed by atoms with van der Waals surface area (Å²) in [6.07, 6.45) is 0. The highest BCUT2D eigenvalue weighted by Crippen LogP contribution is 2.28. The van der Waals surface area contributed by atoms with Gasteiger partial charge in [0.05, 0.1) is 11.4 Å². The number of halogens is 1. The SMILES string of the molecule is CC(C)(C)c1cc(NC(=O)Nc2ccc(Br)c3nonc23)on1. The van der Waals surface area contributed by atoms with Gasteiger partial charge in [0.1, 0.15) is 0 Å². The molecule has 0 saturated heterocycles. The molecule has 2 heterocycles. The van der Waals surface area contributed by atoms with Crippen LogP contribution in [0.2, 0.25) is 0 Å². The zero-order valence-electron chi connectivity index (χ0n) is 12.7. The number of carbonyl (C=O) groups excluding carboxylic acids is 1. The lowest BCUT2D eigenvalue weighted by Gasteiger charge is -2.12. The van der Waals surface area contributed by atoms with E-state index in [1.165, 1.54) is 0 Å². The molecule has 2 aromatic heterocycles. The van der Waals surface area contributed by atoms with Gasteiger partial charge in [-0.1, -0.05) is 25.9 Å². The molecular weight excluding hydrogens is 366 g/mol. The first-order chi connectivity index (χ1) is 10.8. The number of nitrogens with one attached hydrogen (secondary N) is 2. The second-order valence-electron chi connectivity index (χ2n) is 5.96. The highest BCUT2D eigenvalue weighted by molar-refractivity contribution is 9.10. The summed E-state index contributed by atoms with van der Waals surface area (Å²) in [5, 5.41) is 16.7. The Kier molecular flexibility index (Phi) is 3.80. The smallest absolute Gasteiger partial charge is 0.326 e. The predicted octanol–water partition coefficient (Wildman–Crippen LogP) is 3.91. The molecule has 0 unspecified atom stereocenters. The van der Waals surface area contributed by atoms with Crippen LogP contribution in [0.3, 0.4) is 0 Å². The van der Waals surface area contributed by atoms with E-state index in [4.69, 9.17) is 9.15 Å². The molecule has 23 heavy (non-hydrogen) atoms. The van der Waals surface area contributed by atoms with E-state index in [9.17, 15) is 4.79 Å². The lowest BCUT2D eigenvalue weighted by Crippen LogP contribution is -2.19. The molecule has 8 nitrogen and oxygen atoms in total. The van der Waals surface area contributed by atoms with Crippen molar-refractivity contribution in [2.45, 2.75) is 26.2 Å². The topological polar surface area (TPSA) is 106 Å². The van der Waals surface area contributed by atoms with Crippen LogP contribution in [0, 0.1) is 0 Å². The molecule has 0 saturated carbocycles. The fourth-order valence-electron chi connectivity index (χ4n) is 1.89. The van der Waals surface area contributed by atoms with Crippen molar-refractivity contribution in [1.82, 2.24) is 15.5 Å². The monoisotopic (exact) mass is 379 g/mol. The molecule has 0 fully saturated rings. The van der Waals surface area contributed by atoms with Gasteiger partial charge in [0.2, 0.25) is 5.88 Å². The van der Waals surface area contributed by atoms with Crippen molar-refractivity contribution in [1.29, 1.82) is 0 Å². The van der Waals surface area contributed by atoms with Gasteiger partial charge in [-0.2, -0.15) is 0 Å². The third kappa shape index (κ3) is 3.19. The number of amides is 2.